The van der Waals surface area contributed by atoms with Crippen LogP contribution in [0.3, 0.4) is 0 Å². The Morgan fingerprint density at radius 2 is 1.88 bits per heavy atom. The van der Waals surface area contributed by atoms with Crippen LogP contribution in [0.4, 0.5) is 5.69 Å². The minimum atomic E-state index is 0.0697. The maximum atomic E-state index is 6.51. The van der Waals surface area contributed by atoms with E-state index < -0.39 is 0 Å². The predicted molar refractivity (Wildman–Crippen MR) is 100 cm³/mol. The summed E-state index contributed by atoms with van der Waals surface area (Å²) in [6, 6.07) is 12.0. The van der Waals surface area contributed by atoms with E-state index in [1.807, 2.05) is 31.2 Å². The van der Waals surface area contributed by atoms with E-state index in [4.69, 9.17) is 27.9 Å². The van der Waals surface area contributed by atoms with Crippen molar-refractivity contribution in [1.29, 1.82) is 0 Å². The first-order valence-corrected chi connectivity index (χ1v) is 9.09. The molecule has 24 heavy (non-hydrogen) atoms. The molecular formula is C20H19Cl2NO. The number of nitrogens with one attached hydrogen (secondary N) is 1. The average molecular weight is 360 g/mol. The van der Waals surface area contributed by atoms with Gasteiger partial charge in [-0.3, -0.25) is 0 Å². The van der Waals surface area contributed by atoms with Gasteiger partial charge in [0.15, 0.2) is 0 Å². The van der Waals surface area contributed by atoms with Crippen molar-refractivity contribution in [2.24, 2.45) is 5.92 Å². The second-order valence-corrected chi connectivity index (χ2v) is 7.08. The van der Waals surface area contributed by atoms with Gasteiger partial charge in [-0.05, 0) is 43.0 Å². The maximum absolute atomic E-state index is 6.51. The molecule has 4 heteroatoms. The number of allylic oxidation sites excluding steroid dienone is 2. The molecule has 2 aromatic carbocycles. The summed E-state index contributed by atoms with van der Waals surface area (Å²) >= 11 is 13.0. The van der Waals surface area contributed by atoms with Crippen molar-refractivity contribution in [2.75, 3.05) is 11.9 Å². The molecule has 0 saturated heterocycles. The van der Waals surface area contributed by atoms with Gasteiger partial charge in [-0.15, -0.1) is 0 Å². The van der Waals surface area contributed by atoms with Gasteiger partial charge in [-0.1, -0.05) is 53.6 Å². The first-order valence-electron chi connectivity index (χ1n) is 8.33. The van der Waals surface area contributed by atoms with Crippen LogP contribution in [-0.4, -0.2) is 6.61 Å². The van der Waals surface area contributed by atoms with Gasteiger partial charge in [0.2, 0.25) is 0 Å². The highest BCUT2D eigenvalue weighted by molar-refractivity contribution is 6.36. The van der Waals surface area contributed by atoms with Gasteiger partial charge in [0.1, 0.15) is 5.75 Å². The average Bonchev–Trinajstić information content (AvgIpc) is 3.05. The van der Waals surface area contributed by atoms with Crippen LogP contribution >= 0.6 is 23.2 Å². The molecule has 2 aromatic rings. The largest absolute Gasteiger partial charge is 0.492 e. The molecule has 124 valence electrons. The van der Waals surface area contributed by atoms with Crippen molar-refractivity contribution in [3.05, 3.63) is 69.7 Å². The topological polar surface area (TPSA) is 21.3 Å². The highest BCUT2D eigenvalue weighted by atomic mass is 35.5. The fraction of sp³-hybridized carbons (Fsp3) is 0.300. The summed E-state index contributed by atoms with van der Waals surface area (Å²) < 4.78 is 5.84. The third-order valence-electron chi connectivity index (χ3n) is 4.97. The fourth-order valence-corrected chi connectivity index (χ4v) is 4.59. The Kier molecular flexibility index (Phi) is 4.19. The van der Waals surface area contributed by atoms with Gasteiger partial charge in [0.05, 0.1) is 18.3 Å². The Morgan fingerprint density at radius 3 is 2.62 bits per heavy atom. The Morgan fingerprint density at radius 1 is 1.12 bits per heavy atom. The summed E-state index contributed by atoms with van der Waals surface area (Å²) in [6.45, 7) is 2.64. The number of ether oxygens (including phenoxy) is 1. The summed E-state index contributed by atoms with van der Waals surface area (Å²) in [7, 11) is 0. The van der Waals surface area contributed by atoms with Crippen molar-refractivity contribution in [2.45, 2.75) is 25.3 Å². The van der Waals surface area contributed by atoms with Crippen molar-refractivity contribution in [3.63, 3.8) is 0 Å². The van der Waals surface area contributed by atoms with Crippen LogP contribution in [0.2, 0.25) is 10.0 Å². The lowest BCUT2D eigenvalue weighted by Crippen LogP contribution is -2.29. The second kappa shape index (κ2) is 6.34. The van der Waals surface area contributed by atoms with Gasteiger partial charge in [-0.25, -0.2) is 0 Å². The molecule has 0 radical (unpaired) electrons. The minimum absolute atomic E-state index is 0.0697. The lowest BCUT2D eigenvalue weighted by Gasteiger charge is -2.38. The lowest BCUT2D eigenvalue weighted by molar-refractivity contribution is 0.337. The van der Waals surface area contributed by atoms with Crippen LogP contribution in [0.25, 0.3) is 0 Å². The van der Waals surface area contributed by atoms with Crippen molar-refractivity contribution >= 4 is 28.9 Å². The van der Waals surface area contributed by atoms with Gasteiger partial charge >= 0.3 is 0 Å². The second-order valence-electron chi connectivity index (χ2n) is 6.26. The third-order valence-corrected chi connectivity index (χ3v) is 5.63. The quantitative estimate of drug-likeness (QED) is 0.656. The first-order chi connectivity index (χ1) is 11.7. The molecule has 0 saturated carbocycles. The summed E-state index contributed by atoms with van der Waals surface area (Å²) in [6.07, 6.45) is 5.58. The van der Waals surface area contributed by atoms with E-state index in [-0.39, 0.29) is 6.04 Å². The lowest BCUT2D eigenvalue weighted by atomic mass is 9.77. The van der Waals surface area contributed by atoms with Crippen molar-refractivity contribution < 1.29 is 4.74 Å². The first kappa shape index (κ1) is 15.9. The Hall–Kier alpha value is -1.64. The summed E-state index contributed by atoms with van der Waals surface area (Å²) in [5.41, 5.74) is 3.34. The number of anilines is 1. The van der Waals surface area contributed by atoms with E-state index in [2.05, 4.69) is 29.6 Å². The number of hydrogen-bond donors (Lipinski definition) is 1. The third kappa shape index (κ3) is 2.49. The zero-order valence-corrected chi connectivity index (χ0v) is 14.9. The van der Waals surface area contributed by atoms with Gasteiger partial charge in [0.25, 0.3) is 0 Å². The van der Waals surface area contributed by atoms with E-state index >= 15 is 0 Å². The Bertz CT molecular complexity index is 782. The SMILES string of the molecule is CCOc1cccc2c1NC(c1c(Cl)cccc1Cl)C1CC=CC21. The number of fused-ring (bicyclic) bond motifs is 3. The van der Waals surface area contributed by atoms with E-state index in [1.165, 1.54) is 5.56 Å². The normalized spacial score (nSPS) is 24.2. The minimum Gasteiger partial charge on any atom is -0.492 e. The molecule has 0 aromatic heterocycles. The zero-order chi connectivity index (χ0) is 16.7. The van der Waals surface area contributed by atoms with E-state index in [0.717, 1.165) is 23.4 Å². The number of hydrogen-bond acceptors (Lipinski definition) is 2. The molecule has 2 aliphatic rings. The number of rotatable bonds is 3. The van der Waals surface area contributed by atoms with E-state index in [1.54, 1.807) is 0 Å². The Labute approximate surface area is 152 Å². The van der Waals surface area contributed by atoms with Crippen LogP contribution in [0.1, 0.15) is 36.4 Å². The summed E-state index contributed by atoms with van der Waals surface area (Å²) in [4.78, 5) is 0. The highest BCUT2D eigenvalue weighted by Gasteiger charge is 2.40. The van der Waals surface area contributed by atoms with Crippen LogP contribution in [0, 0.1) is 5.92 Å². The molecule has 1 aliphatic carbocycles. The number of para-hydroxylation sites is 1. The maximum Gasteiger partial charge on any atom is 0.142 e. The fourth-order valence-electron chi connectivity index (χ4n) is 3.96. The number of benzene rings is 2. The molecule has 3 unspecified atom stereocenters. The molecule has 0 amide bonds. The number of halogens is 2. The Balaban J connectivity index is 1.85. The van der Waals surface area contributed by atoms with Crippen LogP contribution in [-0.2, 0) is 0 Å². The molecule has 0 bridgehead atoms. The molecular weight excluding hydrogens is 341 g/mol. The molecule has 0 spiro atoms. The van der Waals surface area contributed by atoms with Gasteiger partial charge < -0.3 is 10.1 Å². The molecule has 0 fully saturated rings. The molecule has 3 atom stereocenters. The predicted octanol–water partition coefficient (Wildman–Crippen LogP) is 6.22. The van der Waals surface area contributed by atoms with Crippen LogP contribution < -0.4 is 10.1 Å². The van der Waals surface area contributed by atoms with Crippen LogP contribution in [0.5, 0.6) is 5.75 Å². The standard InChI is InChI=1S/C20H19Cl2NO/c1-2-24-17-11-4-8-13-12-6-3-7-14(12)20(23-19(13)17)18-15(21)9-5-10-16(18)22/h3-6,8-12,14,20,23H,2,7H2,1H3. The van der Waals surface area contributed by atoms with Crippen molar-refractivity contribution in [3.8, 4) is 5.75 Å². The van der Waals surface area contributed by atoms with Crippen molar-refractivity contribution in [1.82, 2.24) is 0 Å². The monoisotopic (exact) mass is 359 g/mol. The molecule has 1 N–H and O–H groups in total. The summed E-state index contributed by atoms with van der Waals surface area (Å²) in [5, 5.41) is 5.11. The zero-order valence-electron chi connectivity index (χ0n) is 13.4. The molecule has 1 heterocycles. The van der Waals surface area contributed by atoms with Gasteiger partial charge in [-0.2, -0.15) is 0 Å². The molecule has 1 aliphatic heterocycles. The highest BCUT2D eigenvalue weighted by Crippen LogP contribution is 2.53. The smallest absolute Gasteiger partial charge is 0.142 e. The van der Waals surface area contributed by atoms with E-state index in [0.29, 0.717) is 28.5 Å². The molecule has 2 nitrogen and oxygen atoms in total. The van der Waals surface area contributed by atoms with E-state index in [9.17, 15) is 0 Å². The molecule has 4 rings (SSSR count). The summed E-state index contributed by atoms with van der Waals surface area (Å²) in [5.74, 6) is 1.66. The van der Waals surface area contributed by atoms with Gasteiger partial charge in [0, 0.05) is 21.5 Å². The van der Waals surface area contributed by atoms with Crippen LogP contribution in [0.15, 0.2) is 48.6 Å².